The van der Waals surface area contributed by atoms with Crippen LogP contribution in [-0.4, -0.2) is 17.6 Å². The summed E-state index contributed by atoms with van der Waals surface area (Å²) in [7, 11) is 0. The third kappa shape index (κ3) is 2.56. The molecule has 3 nitrogen and oxygen atoms in total. The van der Waals surface area contributed by atoms with E-state index in [1.165, 1.54) is 4.88 Å². The maximum absolute atomic E-state index is 11.6. The van der Waals surface area contributed by atoms with E-state index in [9.17, 15) is 9.90 Å². The summed E-state index contributed by atoms with van der Waals surface area (Å²) in [6.07, 6.45) is 2.61. The van der Waals surface area contributed by atoms with Crippen molar-refractivity contribution in [3.63, 3.8) is 0 Å². The fourth-order valence-electron chi connectivity index (χ4n) is 3.61. The summed E-state index contributed by atoms with van der Waals surface area (Å²) in [6.45, 7) is 9.40. The summed E-state index contributed by atoms with van der Waals surface area (Å²) >= 11 is 1.66. The third-order valence-corrected chi connectivity index (χ3v) is 5.51. The molecular weight excluding hydrogens is 258 g/mol. The minimum Gasteiger partial charge on any atom is -0.478 e. The van der Waals surface area contributed by atoms with Gasteiger partial charge in [0.1, 0.15) is 0 Å². The lowest BCUT2D eigenvalue weighted by atomic mass is 9.65. The fourth-order valence-corrected chi connectivity index (χ4v) is 5.03. The van der Waals surface area contributed by atoms with E-state index in [0.717, 1.165) is 23.3 Å². The highest BCUT2D eigenvalue weighted by atomic mass is 32.1. The predicted molar refractivity (Wildman–Crippen MR) is 79.2 cm³/mol. The fraction of sp³-hybridized carbons (Fsp3) is 0.667. The molecule has 0 saturated carbocycles. The van der Waals surface area contributed by atoms with Crippen molar-refractivity contribution in [2.24, 2.45) is 11.1 Å². The van der Waals surface area contributed by atoms with Crippen LogP contribution in [0.15, 0.2) is 0 Å². The number of aromatic carboxylic acids is 1. The highest BCUT2D eigenvalue weighted by Crippen LogP contribution is 2.50. The number of carboxylic acids is 1. The van der Waals surface area contributed by atoms with E-state index in [0.29, 0.717) is 18.5 Å². The highest BCUT2D eigenvalue weighted by molar-refractivity contribution is 7.12. The zero-order valence-corrected chi connectivity index (χ0v) is 13.0. The van der Waals surface area contributed by atoms with Gasteiger partial charge in [0.25, 0.3) is 0 Å². The van der Waals surface area contributed by atoms with Crippen LogP contribution in [0.2, 0.25) is 0 Å². The Bertz CT molecular complexity index is 514. The van der Waals surface area contributed by atoms with E-state index in [4.69, 9.17) is 5.73 Å². The molecule has 0 atom stereocenters. The molecule has 0 aromatic carbocycles. The molecule has 1 aromatic rings. The van der Waals surface area contributed by atoms with Crippen molar-refractivity contribution < 1.29 is 9.90 Å². The van der Waals surface area contributed by atoms with Crippen LogP contribution < -0.4 is 5.73 Å². The van der Waals surface area contributed by atoms with Crippen molar-refractivity contribution in [3.05, 3.63) is 20.9 Å². The monoisotopic (exact) mass is 281 g/mol. The van der Waals surface area contributed by atoms with Gasteiger partial charge in [0.2, 0.25) is 0 Å². The Labute approximate surface area is 118 Å². The first kappa shape index (κ1) is 14.5. The zero-order valence-electron chi connectivity index (χ0n) is 12.2. The van der Waals surface area contributed by atoms with E-state index in [1.807, 2.05) is 0 Å². The van der Waals surface area contributed by atoms with Gasteiger partial charge in [-0.2, -0.15) is 0 Å². The number of nitrogens with two attached hydrogens (primary N) is 1. The number of thiophene rings is 1. The van der Waals surface area contributed by atoms with Crippen LogP contribution in [0.4, 0.5) is 0 Å². The van der Waals surface area contributed by atoms with Crippen molar-refractivity contribution >= 4 is 17.3 Å². The van der Waals surface area contributed by atoms with Crippen molar-refractivity contribution in [1.29, 1.82) is 0 Å². The molecule has 0 radical (unpaired) electrons. The average Bonchev–Trinajstić information content (AvgIpc) is 2.54. The lowest BCUT2D eigenvalue weighted by Gasteiger charge is -2.40. The molecule has 1 aliphatic carbocycles. The molecule has 0 aliphatic heterocycles. The minimum atomic E-state index is -0.797. The predicted octanol–water partition coefficient (Wildman–Crippen LogP) is 3.20. The molecule has 1 aliphatic rings. The molecule has 0 bridgehead atoms. The molecule has 0 unspecified atom stereocenters. The van der Waals surface area contributed by atoms with Crippen LogP contribution in [0.5, 0.6) is 0 Å². The standard InChI is InChI=1S/C15H23NO2S/c1-14(2)7-9-11(13(17)18)10(5-6-16)19-12(9)15(3,4)8-14/h5-8,16H2,1-4H3,(H,17,18). The Morgan fingerprint density at radius 2 is 2.00 bits per heavy atom. The van der Waals surface area contributed by atoms with Crippen LogP contribution >= 0.6 is 11.3 Å². The second-order valence-corrected chi connectivity index (χ2v) is 8.06. The molecule has 0 spiro atoms. The average molecular weight is 281 g/mol. The summed E-state index contributed by atoms with van der Waals surface area (Å²) < 4.78 is 0. The van der Waals surface area contributed by atoms with Gasteiger partial charge in [-0.3, -0.25) is 0 Å². The smallest absolute Gasteiger partial charge is 0.337 e. The summed E-state index contributed by atoms with van der Waals surface area (Å²) in [5, 5.41) is 9.54. The Morgan fingerprint density at radius 3 is 2.53 bits per heavy atom. The van der Waals surface area contributed by atoms with Crippen LogP contribution in [0.25, 0.3) is 0 Å². The molecule has 0 amide bonds. The van der Waals surface area contributed by atoms with Gasteiger partial charge in [0, 0.05) is 9.75 Å². The van der Waals surface area contributed by atoms with Gasteiger partial charge in [-0.15, -0.1) is 11.3 Å². The summed E-state index contributed by atoms with van der Waals surface area (Å²) in [4.78, 5) is 13.8. The van der Waals surface area contributed by atoms with E-state index in [1.54, 1.807) is 11.3 Å². The number of hydrogen-bond acceptors (Lipinski definition) is 3. The molecule has 4 heteroatoms. The Balaban J connectivity index is 2.63. The van der Waals surface area contributed by atoms with Gasteiger partial charge >= 0.3 is 5.97 Å². The van der Waals surface area contributed by atoms with Crippen LogP contribution in [-0.2, 0) is 18.3 Å². The quantitative estimate of drug-likeness (QED) is 0.894. The zero-order chi connectivity index (χ0) is 14.4. The third-order valence-electron chi connectivity index (χ3n) is 3.86. The van der Waals surface area contributed by atoms with Crippen molar-refractivity contribution in [3.8, 4) is 0 Å². The van der Waals surface area contributed by atoms with Gasteiger partial charge in [0.05, 0.1) is 5.56 Å². The normalized spacial score (nSPS) is 20.1. The van der Waals surface area contributed by atoms with Crippen molar-refractivity contribution in [2.45, 2.75) is 52.4 Å². The lowest BCUT2D eigenvalue weighted by molar-refractivity contribution is 0.0694. The lowest BCUT2D eigenvalue weighted by Crippen LogP contribution is -2.34. The summed E-state index contributed by atoms with van der Waals surface area (Å²) in [5.41, 5.74) is 7.42. The molecule has 0 fully saturated rings. The van der Waals surface area contributed by atoms with Gasteiger partial charge < -0.3 is 10.8 Å². The topological polar surface area (TPSA) is 63.3 Å². The van der Waals surface area contributed by atoms with Gasteiger partial charge in [-0.25, -0.2) is 4.79 Å². The Morgan fingerprint density at radius 1 is 1.37 bits per heavy atom. The summed E-state index contributed by atoms with van der Waals surface area (Å²) in [6, 6.07) is 0. The van der Waals surface area contributed by atoms with Gasteiger partial charge in [-0.05, 0) is 42.2 Å². The van der Waals surface area contributed by atoms with Gasteiger partial charge in [0.15, 0.2) is 0 Å². The number of hydrogen-bond donors (Lipinski definition) is 2. The SMILES string of the molecule is CC1(C)Cc2c(sc(CCN)c2C(=O)O)C(C)(C)C1. The van der Waals surface area contributed by atoms with Gasteiger partial charge in [-0.1, -0.05) is 27.7 Å². The maximum atomic E-state index is 11.6. The van der Waals surface area contributed by atoms with E-state index in [-0.39, 0.29) is 10.8 Å². The first-order chi connectivity index (χ1) is 8.68. The van der Waals surface area contributed by atoms with E-state index >= 15 is 0 Å². The molecule has 0 saturated heterocycles. The largest absolute Gasteiger partial charge is 0.478 e. The van der Waals surface area contributed by atoms with Crippen LogP contribution in [0.3, 0.4) is 0 Å². The number of carbonyl (C=O) groups is 1. The molecule has 19 heavy (non-hydrogen) atoms. The first-order valence-corrected chi connectivity index (χ1v) is 7.58. The molecule has 106 valence electrons. The Hall–Kier alpha value is -0.870. The molecular formula is C15H23NO2S. The second kappa shape index (κ2) is 4.60. The van der Waals surface area contributed by atoms with E-state index < -0.39 is 5.97 Å². The van der Waals surface area contributed by atoms with E-state index in [2.05, 4.69) is 27.7 Å². The van der Waals surface area contributed by atoms with Crippen LogP contribution in [0, 0.1) is 5.41 Å². The molecule has 1 heterocycles. The van der Waals surface area contributed by atoms with Crippen molar-refractivity contribution in [2.75, 3.05) is 6.54 Å². The van der Waals surface area contributed by atoms with Crippen molar-refractivity contribution in [1.82, 2.24) is 0 Å². The Kier molecular flexibility index (Phi) is 3.52. The summed E-state index contributed by atoms with van der Waals surface area (Å²) in [5.74, 6) is -0.797. The maximum Gasteiger partial charge on any atom is 0.337 e. The number of fused-ring (bicyclic) bond motifs is 1. The first-order valence-electron chi connectivity index (χ1n) is 6.76. The second-order valence-electron chi connectivity index (χ2n) is 6.95. The molecule has 3 N–H and O–H groups in total. The minimum absolute atomic E-state index is 0.0544. The number of rotatable bonds is 3. The van der Waals surface area contributed by atoms with Crippen LogP contribution in [0.1, 0.15) is 59.8 Å². The molecule has 2 rings (SSSR count). The number of carboxylic acid groups (broad SMARTS) is 1. The molecule has 1 aromatic heterocycles. The highest BCUT2D eigenvalue weighted by Gasteiger charge is 2.41.